The zero-order valence-electron chi connectivity index (χ0n) is 14.9. The molecule has 132 valence electrons. The standard InChI is InChI=1S/C20H25N3O2/c1-14-21-16(13-25-14)20(24)23-17-10-6-7-11-22(2)19(17)12-18(23)15-8-4-3-5-9-15/h3-5,8-9,13,17-19H,6-7,10-12H2,1-2H3/t17-,18-,19+/m1/s1. The van der Waals surface area contributed by atoms with Gasteiger partial charge in [-0.2, -0.15) is 0 Å². The van der Waals surface area contributed by atoms with Crippen LogP contribution in [0.5, 0.6) is 0 Å². The topological polar surface area (TPSA) is 49.6 Å². The Labute approximate surface area is 148 Å². The summed E-state index contributed by atoms with van der Waals surface area (Å²) in [5.74, 6) is 0.529. The van der Waals surface area contributed by atoms with Gasteiger partial charge in [0, 0.05) is 19.0 Å². The van der Waals surface area contributed by atoms with E-state index in [0.717, 1.165) is 25.8 Å². The van der Waals surface area contributed by atoms with Gasteiger partial charge in [0.05, 0.1) is 6.04 Å². The van der Waals surface area contributed by atoms with E-state index in [0.29, 0.717) is 17.6 Å². The molecule has 2 saturated heterocycles. The van der Waals surface area contributed by atoms with Crippen LogP contribution in [0.3, 0.4) is 0 Å². The summed E-state index contributed by atoms with van der Waals surface area (Å²) in [6.45, 7) is 2.88. The van der Waals surface area contributed by atoms with Crippen LogP contribution in [0.25, 0.3) is 0 Å². The zero-order chi connectivity index (χ0) is 17.4. The Hall–Kier alpha value is -2.14. The molecule has 25 heavy (non-hydrogen) atoms. The van der Waals surface area contributed by atoms with Crippen LogP contribution in [0, 0.1) is 6.92 Å². The van der Waals surface area contributed by atoms with Crippen molar-refractivity contribution in [1.29, 1.82) is 0 Å². The van der Waals surface area contributed by atoms with Crippen LogP contribution in [-0.2, 0) is 0 Å². The van der Waals surface area contributed by atoms with Crippen LogP contribution in [0.2, 0.25) is 0 Å². The van der Waals surface area contributed by atoms with E-state index in [2.05, 4.69) is 46.1 Å². The van der Waals surface area contributed by atoms with Gasteiger partial charge in [0.15, 0.2) is 11.6 Å². The molecule has 0 unspecified atom stereocenters. The molecule has 1 aromatic carbocycles. The van der Waals surface area contributed by atoms with Crippen molar-refractivity contribution < 1.29 is 9.21 Å². The fourth-order valence-electron chi connectivity index (χ4n) is 4.46. The molecule has 4 rings (SSSR count). The van der Waals surface area contributed by atoms with Crippen molar-refractivity contribution in [3.8, 4) is 0 Å². The maximum absolute atomic E-state index is 13.3. The van der Waals surface area contributed by atoms with E-state index in [4.69, 9.17) is 4.42 Å². The van der Waals surface area contributed by atoms with E-state index in [-0.39, 0.29) is 18.0 Å². The van der Waals surface area contributed by atoms with Crippen molar-refractivity contribution in [3.63, 3.8) is 0 Å². The second-order valence-corrected chi connectivity index (χ2v) is 7.24. The van der Waals surface area contributed by atoms with Gasteiger partial charge in [-0.25, -0.2) is 4.98 Å². The minimum absolute atomic E-state index is 0.00602. The Balaban J connectivity index is 1.73. The average molecular weight is 339 g/mol. The first kappa shape index (κ1) is 16.3. The lowest BCUT2D eigenvalue weighted by atomic mass is 10.0. The van der Waals surface area contributed by atoms with E-state index in [9.17, 15) is 4.79 Å². The van der Waals surface area contributed by atoms with E-state index in [1.807, 2.05) is 6.07 Å². The van der Waals surface area contributed by atoms with Crippen molar-refractivity contribution >= 4 is 5.91 Å². The van der Waals surface area contributed by atoms with Gasteiger partial charge in [0.1, 0.15) is 6.26 Å². The fraction of sp³-hybridized carbons (Fsp3) is 0.500. The molecule has 0 spiro atoms. The highest BCUT2D eigenvalue weighted by molar-refractivity contribution is 5.93. The highest BCUT2D eigenvalue weighted by Gasteiger charge is 2.46. The number of oxazole rings is 1. The smallest absolute Gasteiger partial charge is 0.276 e. The number of aryl methyl sites for hydroxylation is 1. The largest absolute Gasteiger partial charge is 0.448 e. The Bertz CT molecular complexity index is 742. The van der Waals surface area contributed by atoms with Crippen LogP contribution < -0.4 is 0 Å². The maximum atomic E-state index is 13.3. The summed E-state index contributed by atoms with van der Waals surface area (Å²) in [4.78, 5) is 22.1. The molecule has 2 fully saturated rings. The number of hydrogen-bond acceptors (Lipinski definition) is 4. The van der Waals surface area contributed by atoms with Crippen LogP contribution in [-0.4, -0.2) is 46.4 Å². The van der Waals surface area contributed by atoms with Gasteiger partial charge in [-0.05, 0) is 38.4 Å². The molecule has 5 heteroatoms. The Morgan fingerprint density at radius 2 is 2.00 bits per heavy atom. The molecule has 2 aromatic rings. The highest BCUT2D eigenvalue weighted by Crippen LogP contribution is 2.42. The second-order valence-electron chi connectivity index (χ2n) is 7.24. The third-order valence-electron chi connectivity index (χ3n) is 5.69. The molecule has 1 amide bonds. The number of amides is 1. The third kappa shape index (κ3) is 2.97. The molecular weight excluding hydrogens is 314 g/mol. The summed E-state index contributed by atoms with van der Waals surface area (Å²) >= 11 is 0. The predicted octanol–water partition coefficient (Wildman–Crippen LogP) is 3.42. The van der Waals surface area contributed by atoms with Gasteiger partial charge in [0.2, 0.25) is 0 Å². The molecule has 3 atom stereocenters. The summed E-state index contributed by atoms with van der Waals surface area (Å²) < 4.78 is 5.30. The lowest BCUT2D eigenvalue weighted by molar-refractivity contribution is 0.0626. The zero-order valence-corrected chi connectivity index (χ0v) is 14.9. The number of carbonyl (C=O) groups is 1. The fourth-order valence-corrected chi connectivity index (χ4v) is 4.46. The van der Waals surface area contributed by atoms with Gasteiger partial charge in [0.25, 0.3) is 5.91 Å². The van der Waals surface area contributed by atoms with E-state index < -0.39 is 0 Å². The molecule has 2 aliphatic heterocycles. The van der Waals surface area contributed by atoms with Crippen LogP contribution in [0.4, 0.5) is 0 Å². The van der Waals surface area contributed by atoms with Gasteiger partial charge in [-0.1, -0.05) is 36.8 Å². The number of likely N-dealkylation sites (N-methyl/N-ethyl adjacent to an activating group) is 1. The van der Waals surface area contributed by atoms with Gasteiger partial charge < -0.3 is 14.2 Å². The number of rotatable bonds is 2. The number of carbonyl (C=O) groups excluding carboxylic acids is 1. The number of fused-ring (bicyclic) bond motifs is 1. The molecule has 0 bridgehead atoms. The summed E-state index contributed by atoms with van der Waals surface area (Å²) in [6.07, 6.45) is 5.89. The Morgan fingerprint density at radius 1 is 1.20 bits per heavy atom. The number of hydrogen-bond donors (Lipinski definition) is 0. The molecule has 0 N–H and O–H groups in total. The first-order valence-electron chi connectivity index (χ1n) is 9.15. The lowest BCUT2D eigenvalue weighted by Gasteiger charge is -2.32. The number of likely N-dealkylation sites (tertiary alicyclic amines) is 2. The van der Waals surface area contributed by atoms with Crippen LogP contribution >= 0.6 is 0 Å². The average Bonchev–Trinajstić information content (AvgIpc) is 3.18. The summed E-state index contributed by atoms with van der Waals surface area (Å²) in [5, 5.41) is 0. The quantitative estimate of drug-likeness (QED) is 0.841. The molecule has 0 aliphatic carbocycles. The third-order valence-corrected chi connectivity index (χ3v) is 5.69. The van der Waals surface area contributed by atoms with Crippen LogP contribution in [0.15, 0.2) is 41.0 Å². The van der Waals surface area contributed by atoms with Crippen molar-refractivity contribution in [2.45, 2.75) is 50.7 Å². The summed E-state index contributed by atoms with van der Waals surface area (Å²) in [7, 11) is 2.19. The first-order valence-corrected chi connectivity index (χ1v) is 9.15. The van der Waals surface area contributed by atoms with Crippen molar-refractivity contribution in [1.82, 2.24) is 14.8 Å². The Kier molecular flexibility index (Phi) is 4.34. The molecule has 0 radical (unpaired) electrons. The van der Waals surface area contributed by atoms with E-state index in [1.165, 1.54) is 18.2 Å². The van der Waals surface area contributed by atoms with Crippen molar-refractivity contribution in [2.75, 3.05) is 13.6 Å². The molecule has 1 aromatic heterocycles. The molecule has 0 saturated carbocycles. The normalized spacial score (nSPS) is 27.1. The number of nitrogens with zero attached hydrogens (tertiary/aromatic N) is 3. The molecule has 2 aliphatic rings. The molecule has 5 nitrogen and oxygen atoms in total. The van der Waals surface area contributed by atoms with Crippen LogP contribution in [0.1, 0.15) is 53.7 Å². The Morgan fingerprint density at radius 3 is 2.72 bits per heavy atom. The van der Waals surface area contributed by atoms with Crippen molar-refractivity contribution in [2.24, 2.45) is 0 Å². The first-order chi connectivity index (χ1) is 12.1. The number of aromatic nitrogens is 1. The highest BCUT2D eigenvalue weighted by atomic mass is 16.3. The van der Waals surface area contributed by atoms with Crippen molar-refractivity contribution in [3.05, 3.63) is 53.7 Å². The number of benzene rings is 1. The van der Waals surface area contributed by atoms with Gasteiger partial charge in [-0.3, -0.25) is 4.79 Å². The van der Waals surface area contributed by atoms with Gasteiger partial charge >= 0.3 is 0 Å². The van der Waals surface area contributed by atoms with E-state index >= 15 is 0 Å². The minimum Gasteiger partial charge on any atom is -0.448 e. The lowest BCUT2D eigenvalue weighted by Crippen LogP contribution is -2.44. The molecular formula is C20H25N3O2. The minimum atomic E-state index is -0.00602. The maximum Gasteiger partial charge on any atom is 0.276 e. The monoisotopic (exact) mass is 339 g/mol. The predicted molar refractivity (Wildman–Crippen MR) is 95.3 cm³/mol. The summed E-state index contributed by atoms with van der Waals surface area (Å²) in [5.41, 5.74) is 1.63. The molecule has 3 heterocycles. The van der Waals surface area contributed by atoms with E-state index in [1.54, 1.807) is 6.92 Å². The SMILES string of the molecule is Cc1nc(C(=O)N2[C@@H](c3ccccc3)C[C@H]3[C@H]2CCCCN3C)co1. The van der Waals surface area contributed by atoms with Gasteiger partial charge in [-0.15, -0.1) is 0 Å². The summed E-state index contributed by atoms with van der Waals surface area (Å²) in [6, 6.07) is 11.1. The second kappa shape index (κ2) is 6.64.